The van der Waals surface area contributed by atoms with Gasteiger partial charge in [-0.15, -0.1) is 0 Å². The number of piperidine rings is 1. The van der Waals surface area contributed by atoms with Gasteiger partial charge < -0.3 is 5.32 Å². The van der Waals surface area contributed by atoms with E-state index in [0.717, 1.165) is 49.7 Å². The van der Waals surface area contributed by atoms with Crippen LogP contribution in [0.5, 0.6) is 0 Å². The van der Waals surface area contributed by atoms with Gasteiger partial charge in [0.25, 0.3) is 0 Å². The van der Waals surface area contributed by atoms with Gasteiger partial charge in [0.2, 0.25) is 5.91 Å². The first-order valence-corrected chi connectivity index (χ1v) is 9.76. The zero-order valence-corrected chi connectivity index (χ0v) is 15.4. The van der Waals surface area contributed by atoms with Gasteiger partial charge in [0.05, 0.1) is 11.7 Å². The van der Waals surface area contributed by atoms with Crippen molar-refractivity contribution in [2.45, 2.75) is 57.5 Å². The normalized spacial score (nSPS) is 20.7. The van der Waals surface area contributed by atoms with Gasteiger partial charge in [0.15, 0.2) is 0 Å². The van der Waals surface area contributed by atoms with Crippen LogP contribution in [-0.4, -0.2) is 28.4 Å². The summed E-state index contributed by atoms with van der Waals surface area (Å²) in [4.78, 5) is 19.7. The third-order valence-corrected chi connectivity index (χ3v) is 5.61. The van der Waals surface area contributed by atoms with E-state index in [1.54, 1.807) is 0 Å². The molecule has 0 bridgehead atoms. The summed E-state index contributed by atoms with van der Waals surface area (Å²) in [6, 6.07) is 12.4. The van der Waals surface area contributed by atoms with Gasteiger partial charge >= 0.3 is 0 Å². The molecule has 1 atom stereocenters. The van der Waals surface area contributed by atoms with Crippen LogP contribution in [0.3, 0.4) is 0 Å². The monoisotopic (exact) mass is 349 g/mol. The fourth-order valence-corrected chi connectivity index (χ4v) is 3.83. The lowest BCUT2D eigenvalue weighted by Crippen LogP contribution is -2.46. The zero-order valence-electron chi connectivity index (χ0n) is 15.4. The molecule has 1 aliphatic carbocycles. The van der Waals surface area contributed by atoms with Crippen molar-refractivity contribution in [1.82, 2.24) is 9.88 Å². The highest BCUT2D eigenvalue weighted by Crippen LogP contribution is 2.40. The van der Waals surface area contributed by atoms with E-state index in [1.165, 1.54) is 24.0 Å². The van der Waals surface area contributed by atoms with Crippen LogP contribution in [0, 0.1) is 6.92 Å². The number of carbonyl (C=O) groups is 1. The molecule has 2 aliphatic rings. The van der Waals surface area contributed by atoms with Crippen LogP contribution < -0.4 is 5.32 Å². The van der Waals surface area contributed by atoms with Gasteiger partial charge in [-0.05, 0) is 74.4 Å². The highest BCUT2D eigenvalue weighted by molar-refractivity contribution is 5.94. The highest BCUT2D eigenvalue weighted by atomic mass is 16.2. The number of likely N-dealkylation sites (tertiary alicyclic amines) is 1. The fraction of sp³-hybridized carbons (Fsp3) is 0.455. The maximum Gasteiger partial charge on any atom is 0.241 e. The number of carbonyl (C=O) groups excluding carboxylic acids is 1. The van der Waals surface area contributed by atoms with Crippen molar-refractivity contribution >= 4 is 11.6 Å². The molecule has 1 amide bonds. The summed E-state index contributed by atoms with van der Waals surface area (Å²) in [6.45, 7) is 3.78. The SMILES string of the molecule is Cc1cccnc1CN1CCCC[C@@H]1C(=O)Nc1ccc(C2CC2)cc1. The lowest BCUT2D eigenvalue weighted by molar-refractivity contribution is -0.122. The molecule has 2 fully saturated rings. The van der Waals surface area contributed by atoms with E-state index in [1.807, 2.05) is 24.4 Å². The van der Waals surface area contributed by atoms with Gasteiger partial charge in [0, 0.05) is 18.4 Å². The third-order valence-electron chi connectivity index (χ3n) is 5.61. The molecule has 2 aromatic rings. The maximum atomic E-state index is 12.9. The molecule has 1 N–H and O–H groups in total. The fourth-order valence-electron chi connectivity index (χ4n) is 3.83. The lowest BCUT2D eigenvalue weighted by Gasteiger charge is -2.34. The highest BCUT2D eigenvalue weighted by Gasteiger charge is 2.29. The second-order valence-corrected chi connectivity index (χ2v) is 7.63. The second kappa shape index (κ2) is 7.58. The van der Waals surface area contributed by atoms with Crippen LogP contribution in [0.2, 0.25) is 0 Å². The molecule has 4 rings (SSSR count). The minimum absolute atomic E-state index is 0.0757. The smallest absolute Gasteiger partial charge is 0.241 e. The number of benzene rings is 1. The molecule has 4 nitrogen and oxygen atoms in total. The van der Waals surface area contributed by atoms with E-state index >= 15 is 0 Å². The number of nitrogens with zero attached hydrogens (tertiary/aromatic N) is 2. The van der Waals surface area contributed by atoms with Crippen LogP contribution in [-0.2, 0) is 11.3 Å². The average molecular weight is 349 g/mol. The molecular formula is C22H27N3O. The Kier molecular flexibility index (Phi) is 5.02. The molecule has 0 unspecified atom stereocenters. The number of pyridine rings is 1. The van der Waals surface area contributed by atoms with Gasteiger partial charge in [-0.3, -0.25) is 14.7 Å². The second-order valence-electron chi connectivity index (χ2n) is 7.63. The minimum Gasteiger partial charge on any atom is -0.325 e. The Balaban J connectivity index is 1.43. The van der Waals surface area contributed by atoms with Crippen molar-refractivity contribution in [3.63, 3.8) is 0 Å². The Morgan fingerprint density at radius 3 is 2.69 bits per heavy atom. The molecule has 4 heteroatoms. The number of anilines is 1. The van der Waals surface area contributed by atoms with Gasteiger partial charge in [-0.25, -0.2) is 0 Å². The van der Waals surface area contributed by atoms with Crippen molar-refractivity contribution in [3.05, 3.63) is 59.4 Å². The molecule has 1 saturated carbocycles. The molecule has 0 spiro atoms. The topological polar surface area (TPSA) is 45.2 Å². The Labute approximate surface area is 155 Å². The standard InChI is InChI=1S/C22H27N3O/c1-16-5-4-13-23-20(16)15-25-14-3-2-6-21(25)22(26)24-19-11-9-18(10-12-19)17-7-8-17/h4-5,9-13,17,21H,2-3,6-8,14-15H2,1H3,(H,24,26)/t21-/m1/s1. The maximum absolute atomic E-state index is 12.9. The molecule has 1 aliphatic heterocycles. The van der Waals surface area contributed by atoms with E-state index in [9.17, 15) is 4.79 Å². The van der Waals surface area contributed by atoms with Crippen molar-refractivity contribution in [2.75, 3.05) is 11.9 Å². The Morgan fingerprint density at radius 1 is 1.15 bits per heavy atom. The molecule has 136 valence electrons. The van der Waals surface area contributed by atoms with Crippen LogP contribution in [0.25, 0.3) is 0 Å². The molecule has 2 heterocycles. The number of rotatable bonds is 5. The van der Waals surface area contributed by atoms with Gasteiger partial charge in [-0.2, -0.15) is 0 Å². The molecular weight excluding hydrogens is 322 g/mol. The number of aryl methyl sites for hydroxylation is 1. The van der Waals surface area contributed by atoms with Crippen LogP contribution in [0.15, 0.2) is 42.6 Å². The molecule has 0 radical (unpaired) electrons. The van der Waals surface area contributed by atoms with E-state index < -0.39 is 0 Å². The Hall–Kier alpha value is -2.20. The number of hydrogen-bond acceptors (Lipinski definition) is 3. The predicted octanol–water partition coefficient (Wildman–Crippen LogP) is 4.26. The Morgan fingerprint density at radius 2 is 1.96 bits per heavy atom. The Bertz CT molecular complexity index is 767. The molecule has 1 saturated heterocycles. The summed E-state index contributed by atoms with van der Waals surface area (Å²) in [5.41, 5.74) is 4.56. The summed E-state index contributed by atoms with van der Waals surface area (Å²) >= 11 is 0. The number of amides is 1. The zero-order chi connectivity index (χ0) is 17.9. The summed E-state index contributed by atoms with van der Waals surface area (Å²) in [7, 11) is 0. The van der Waals surface area contributed by atoms with E-state index in [-0.39, 0.29) is 11.9 Å². The third kappa shape index (κ3) is 3.96. The first kappa shape index (κ1) is 17.2. The predicted molar refractivity (Wildman–Crippen MR) is 104 cm³/mol. The van der Waals surface area contributed by atoms with Crippen molar-refractivity contribution < 1.29 is 4.79 Å². The molecule has 26 heavy (non-hydrogen) atoms. The first-order chi connectivity index (χ1) is 12.7. The number of aromatic nitrogens is 1. The van der Waals surface area contributed by atoms with E-state index in [4.69, 9.17) is 0 Å². The van der Waals surface area contributed by atoms with Crippen molar-refractivity contribution in [2.24, 2.45) is 0 Å². The quantitative estimate of drug-likeness (QED) is 0.877. The van der Waals surface area contributed by atoms with Crippen molar-refractivity contribution in [3.8, 4) is 0 Å². The van der Waals surface area contributed by atoms with E-state index in [0.29, 0.717) is 0 Å². The summed E-state index contributed by atoms with van der Waals surface area (Å²) in [6.07, 6.45) is 7.61. The molecule has 1 aromatic carbocycles. The number of nitrogens with one attached hydrogen (secondary N) is 1. The number of hydrogen-bond donors (Lipinski definition) is 1. The van der Waals surface area contributed by atoms with Gasteiger partial charge in [0.1, 0.15) is 0 Å². The van der Waals surface area contributed by atoms with E-state index in [2.05, 4.69) is 40.3 Å². The molecule has 1 aromatic heterocycles. The van der Waals surface area contributed by atoms with Crippen LogP contribution in [0.1, 0.15) is 54.8 Å². The minimum atomic E-state index is -0.0757. The van der Waals surface area contributed by atoms with Crippen LogP contribution >= 0.6 is 0 Å². The van der Waals surface area contributed by atoms with Crippen LogP contribution in [0.4, 0.5) is 5.69 Å². The summed E-state index contributed by atoms with van der Waals surface area (Å²) < 4.78 is 0. The largest absolute Gasteiger partial charge is 0.325 e. The average Bonchev–Trinajstić information content (AvgIpc) is 3.50. The first-order valence-electron chi connectivity index (χ1n) is 9.76. The summed E-state index contributed by atoms with van der Waals surface area (Å²) in [5, 5.41) is 3.13. The van der Waals surface area contributed by atoms with Crippen molar-refractivity contribution in [1.29, 1.82) is 0 Å². The lowest BCUT2D eigenvalue weighted by atomic mass is 10.0. The van der Waals surface area contributed by atoms with Gasteiger partial charge in [-0.1, -0.05) is 24.6 Å². The summed E-state index contributed by atoms with van der Waals surface area (Å²) in [5.74, 6) is 0.854.